The van der Waals surface area contributed by atoms with Crippen LogP contribution in [0.3, 0.4) is 0 Å². The Morgan fingerprint density at radius 2 is 1.56 bits per heavy atom. The van der Waals surface area contributed by atoms with Crippen molar-refractivity contribution in [2.24, 2.45) is 0 Å². The van der Waals surface area contributed by atoms with E-state index in [2.05, 4.69) is 38.3 Å². The molecule has 2 aromatic heterocycles. The standard InChI is InChI=1S/C24H20N4O2S2/c29-22-19-10-4-5-11-20(19)23(30)28(22)16-32-24-26-25-21(15-18-9-6-14-31-18)27(24)13-12-17-7-2-1-3-8-17/h1-11,14H,12-13,15-16H2. The van der Waals surface area contributed by atoms with Crippen molar-refractivity contribution in [3.05, 3.63) is 99.5 Å². The summed E-state index contributed by atoms with van der Waals surface area (Å²) >= 11 is 3.06. The van der Waals surface area contributed by atoms with Gasteiger partial charge in [-0.2, -0.15) is 0 Å². The van der Waals surface area contributed by atoms with Crippen LogP contribution in [0.4, 0.5) is 0 Å². The maximum atomic E-state index is 12.7. The van der Waals surface area contributed by atoms with Gasteiger partial charge in [0.25, 0.3) is 11.8 Å². The molecule has 6 nitrogen and oxygen atoms in total. The van der Waals surface area contributed by atoms with Crippen molar-refractivity contribution < 1.29 is 9.59 Å². The van der Waals surface area contributed by atoms with Crippen molar-refractivity contribution in [2.75, 3.05) is 5.88 Å². The molecule has 8 heteroatoms. The summed E-state index contributed by atoms with van der Waals surface area (Å²) in [5.41, 5.74) is 2.16. The molecule has 32 heavy (non-hydrogen) atoms. The van der Waals surface area contributed by atoms with Gasteiger partial charge >= 0.3 is 0 Å². The second kappa shape index (κ2) is 9.10. The molecule has 5 rings (SSSR count). The highest BCUT2D eigenvalue weighted by atomic mass is 32.2. The van der Waals surface area contributed by atoms with Crippen LogP contribution in [0.25, 0.3) is 0 Å². The van der Waals surface area contributed by atoms with Crippen molar-refractivity contribution in [3.63, 3.8) is 0 Å². The number of hydrogen-bond acceptors (Lipinski definition) is 6. The summed E-state index contributed by atoms with van der Waals surface area (Å²) in [5, 5.41) is 11.6. The third kappa shape index (κ3) is 4.11. The monoisotopic (exact) mass is 460 g/mol. The Morgan fingerprint density at radius 1 is 0.844 bits per heavy atom. The first-order valence-electron chi connectivity index (χ1n) is 10.3. The van der Waals surface area contributed by atoms with Crippen LogP contribution < -0.4 is 0 Å². The fourth-order valence-corrected chi connectivity index (χ4v) is 5.35. The highest BCUT2D eigenvalue weighted by molar-refractivity contribution is 7.99. The normalized spacial score (nSPS) is 13.1. The van der Waals surface area contributed by atoms with E-state index in [9.17, 15) is 9.59 Å². The van der Waals surface area contributed by atoms with E-state index in [1.165, 1.54) is 27.1 Å². The molecule has 3 heterocycles. The van der Waals surface area contributed by atoms with E-state index in [1.54, 1.807) is 35.6 Å². The van der Waals surface area contributed by atoms with E-state index in [1.807, 2.05) is 24.3 Å². The number of benzene rings is 2. The van der Waals surface area contributed by atoms with Crippen molar-refractivity contribution in [3.8, 4) is 0 Å². The Balaban J connectivity index is 1.35. The lowest BCUT2D eigenvalue weighted by Crippen LogP contribution is -2.29. The van der Waals surface area contributed by atoms with Gasteiger partial charge in [-0.3, -0.25) is 14.5 Å². The molecule has 0 spiro atoms. The SMILES string of the molecule is O=C1c2ccccc2C(=O)N1CSc1nnc(Cc2cccs2)n1CCc1ccccc1. The molecular formula is C24H20N4O2S2. The molecule has 0 saturated heterocycles. The lowest BCUT2D eigenvalue weighted by atomic mass is 10.1. The Bertz CT molecular complexity index is 1220. The number of amides is 2. The predicted octanol–water partition coefficient (Wildman–Crippen LogP) is 4.52. The Labute approximate surface area is 193 Å². The summed E-state index contributed by atoms with van der Waals surface area (Å²) in [6, 6.07) is 21.4. The van der Waals surface area contributed by atoms with Crippen LogP contribution >= 0.6 is 23.1 Å². The molecule has 0 atom stereocenters. The fourth-order valence-electron chi connectivity index (χ4n) is 3.71. The number of imide groups is 1. The van der Waals surface area contributed by atoms with E-state index < -0.39 is 0 Å². The summed E-state index contributed by atoms with van der Waals surface area (Å²) in [7, 11) is 0. The lowest BCUT2D eigenvalue weighted by molar-refractivity contribution is 0.0684. The molecule has 0 radical (unpaired) electrons. The summed E-state index contributed by atoms with van der Waals surface area (Å²) in [5.74, 6) is 0.571. The Hall–Kier alpha value is -3.23. The Morgan fingerprint density at radius 3 is 2.25 bits per heavy atom. The van der Waals surface area contributed by atoms with Crippen LogP contribution in [0.2, 0.25) is 0 Å². The van der Waals surface area contributed by atoms with Crippen LogP contribution in [-0.4, -0.2) is 37.4 Å². The second-order valence-corrected chi connectivity index (χ2v) is 9.34. The van der Waals surface area contributed by atoms with Crippen molar-refractivity contribution in [2.45, 2.75) is 24.5 Å². The minimum Gasteiger partial charge on any atom is -0.305 e. The molecule has 0 bridgehead atoms. The van der Waals surface area contributed by atoms with Crippen LogP contribution in [0.1, 0.15) is 37.0 Å². The molecule has 2 aromatic carbocycles. The molecule has 4 aromatic rings. The van der Waals surface area contributed by atoms with Gasteiger partial charge in [0, 0.05) is 17.8 Å². The van der Waals surface area contributed by atoms with Crippen molar-refractivity contribution in [1.29, 1.82) is 0 Å². The minimum absolute atomic E-state index is 0.203. The van der Waals surface area contributed by atoms with Crippen LogP contribution in [0, 0.1) is 0 Å². The molecule has 0 saturated carbocycles. The molecule has 0 aliphatic carbocycles. The third-order valence-corrected chi connectivity index (χ3v) is 7.20. The number of nitrogens with zero attached hydrogens (tertiary/aromatic N) is 4. The first-order chi connectivity index (χ1) is 15.7. The lowest BCUT2D eigenvalue weighted by Gasteiger charge is -2.14. The van der Waals surface area contributed by atoms with Crippen LogP contribution in [0.15, 0.2) is 77.3 Å². The van der Waals surface area contributed by atoms with Gasteiger partial charge in [-0.25, -0.2) is 0 Å². The first kappa shape index (κ1) is 20.7. The van der Waals surface area contributed by atoms with Crippen LogP contribution in [-0.2, 0) is 19.4 Å². The number of hydrogen-bond donors (Lipinski definition) is 0. The number of fused-ring (bicyclic) bond motifs is 1. The minimum atomic E-state index is -0.257. The van der Waals surface area contributed by atoms with Gasteiger partial charge in [0.05, 0.1) is 17.0 Å². The molecule has 1 aliphatic rings. The zero-order valence-electron chi connectivity index (χ0n) is 17.2. The average molecular weight is 461 g/mol. The van der Waals surface area contributed by atoms with Crippen LogP contribution in [0.5, 0.6) is 0 Å². The van der Waals surface area contributed by atoms with Crippen molar-refractivity contribution >= 4 is 34.9 Å². The molecular weight excluding hydrogens is 440 g/mol. The molecule has 0 N–H and O–H groups in total. The predicted molar refractivity (Wildman–Crippen MR) is 125 cm³/mol. The number of carbonyl (C=O) groups excluding carboxylic acids is 2. The van der Waals surface area contributed by atoms with E-state index in [0.29, 0.717) is 22.7 Å². The zero-order valence-corrected chi connectivity index (χ0v) is 18.8. The number of aryl methyl sites for hydroxylation is 1. The van der Waals surface area contributed by atoms with Gasteiger partial charge in [-0.15, -0.1) is 21.5 Å². The highest BCUT2D eigenvalue weighted by Crippen LogP contribution is 2.27. The van der Waals surface area contributed by atoms with Gasteiger partial charge in [-0.05, 0) is 35.6 Å². The first-order valence-corrected chi connectivity index (χ1v) is 12.1. The average Bonchev–Trinajstić information content (AvgIpc) is 3.53. The zero-order chi connectivity index (χ0) is 21.9. The summed E-state index contributed by atoms with van der Waals surface area (Å²) < 4.78 is 2.11. The highest BCUT2D eigenvalue weighted by Gasteiger charge is 2.35. The quantitative estimate of drug-likeness (QED) is 0.286. The number of thioether (sulfide) groups is 1. The van der Waals surface area contributed by atoms with Gasteiger partial charge < -0.3 is 4.57 Å². The molecule has 160 valence electrons. The molecule has 2 amide bonds. The largest absolute Gasteiger partial charge is 0.305 e. The van der Waals surface area contributed by atoms with Gasteiger partial charge in [-0.1, -0.05) is 60.3 Å². The number of carbonyl (C=O) groups is 2. The summed E-state index contributed by atoms with van der Waals surface area (Å²) in [6.45, 7) is 0.724. The summed E-state index contributed by atoms with van der Waals surface area (Å²) in [6.07, 6.45) is 1.55. The number of aromatic nitrogens is 3. The Kier molecular flexibility index (Phi) is 5.87. The fraction of sp³-hybridized carbons (Fsp3) is 0.167. The van der Waals surface area contributed by atoms with E-state index >= 15 is 0 Å². The smallest absolute Gasteiger partial charge is 0.262 e. The second-order valence-electron chi connectivity index (χ2n) is 7.40. The molecule has 1 aliphatic heterocycles. The number of thiophene rings is 1. The topological polar surface area (TPSA) is 68.1 Å². The molecule has 0 fully saturated rings. The number of rotatable bonds is 8. The molecule has 0 unspecified atom stereocenters. The van der Waals surface area contributed by atoms with E-state index in [4.69, 9.17) is 0 Å². The van der Waals surface area contributed by atoms with E-state index in [0.717, 1.165) is 18.8 Å². The van der Waals surface area contributed by atoms with Gasteiger partial charge in [0.15, 0.2) is 5.16 Å². The van der Waals surface area contributed by atoms with Gasteiger partial charge in [0.2, 0.25) is 0 Å². The summed E-state index contributed by atoms with van der Waals surface area (Å²) in [4.78, 5) is 27.9. The van der Waals surface area contributed by atoms with Gasteiger partial charge in [0.1, 0.15) is 5.82 Å². The maximum absolute atomic E-state index is 12.7. The van der Waals surface area contributed by atoms with Crippen molar-refractivity contribution in [1.82, 2.24) is 19.7 Å². The maximum Gasteiger partial charge on any atom is 0.262 e. The van der Waals surface area contributed by atoms with E-state index in [-0.39, 0.29) is 17.7 Å². The third-order valence-electron chi connectivity index (χ3n) is 5.37.